The van der Waals surface area contributed by atoms with Crippen LogP contribution in [0.1, 0.15) is 26.7 Å². The smallest absolute Gasteiger partial charge is 0.349 e. The van der Waals surface area contributed by atoms with E-state index in [2.05, 4.69) is 9.89 Å². The van der Waals surface area contributed by atoms with E-state index in [1.807, 2.05) is 0 Å². The Balaban J connectivity index is 2.35. The lowest BCUT2D eigenvalue weighted by atomic mass is 10.2. The summed E-state index contributed by atoms with van der Waals surface area (Å²) in [7, 11) is -1.16. The largest absolute Gasteiger partial charge is 0.465 e. The van der Waals surface area contributed by atoms with E-state index >= 15 is 0 Å². The summed E-state index contributed by atoms with van der Waals surface area (Å²) in [6.07, 6.45) is 0. The quantitative estimate of drug-likeness (QED) is 0.770. The molecule has 0 spiro atoms. The summed E-state index contributed by atoms with van der Waals surface area (Å²) in [5.41, 5.74) is 1.35. The maximum Gasteiger partial charge on any atom is 0.349 e. The van der Waals surface area contributed by atoms with Gasteiger partial charge >= 0.3 is 5.97 Å². The molecule has 0 radical (unpaired) electrons. The number of thiophene rings is 1. The van der Waals surface area contributed by atoms with E-state index in [1.54, 1.807) is 19.2 Å². The number of rotatable bonds is 5. The highest BCUT2D eigenvalue weighted by Crippen LogP contribution is 2.27. The molecular weight excluding hydrogens is 328 g/mol. The van der Waals surface area contributed by atoms with E-state index in [4.69, 9.17) is 4.52 Å². The molecule has 2 aromatic rings. The molecule has 2 heterocycles. The van der Waals surface area contributed by atoms with E-state index in [0.717, 1.165) is 15.6 Å². The zero-order valence-electron chi connectivity index (χ0n) is 12.6. The van der Waals surface area contributed by atoms with Crippen LogP contribution in [0.15, 0.2) is 20.9 Å². The second kappa shape index (κ2) is 6.19. The molecule has 0 aliphatic carbocycles. The van der Waals surface area contributed by atoms with Crippen LogP contribution in [0.5, 0.6) is 0 Å². The van der Waals surface area contributed by atoms with Crippen molar-refractivity contribution in [2.45, 2.75) is 25.3 Å². The number of sulfonamides is 1. The predicted molar refractivity (Wildman–Crippen MR) is 80.3 cm³/mol. The maximum absolute atomic E-state index is 12.7. The van der Waals surface area contributed by atoms with Gasteiger partial charge in [-0.25, -0.2) is 13.2 Å². The summed E-state index contributed by atoms with van der Waals surface area (Å²) >= 11 is 1.03. The summed E-state index contributed by atoms with van der Waals surface area (Å²) < 4.78 is 36.1. The summed E-state index contributed by atoms with van der Waals surface area (Å²) in [6, 6.07) is 1.40. The zero-order valence-corrected chi connectivity index (χ0v) is 14.2. The highest BCUT2D eigenvalue weighted by Gasteiger charge is 2.29. The van der Waals surface area contributed by atoms with Crippen molar-refractivity contribution in [3.8, 4) is 0 Å². The first-order valence-corrected chi connectivity index (χ1v) is 8.65. The van der Waals surface area contributed by atoms with Crippen LogP contribution in [-0.4, -0.2) is 38.0 Å². The number of ether oxygens (including phenoxy) is 1. The molecule has 9 heteroatoms. The van der Waals surface area contributed by atoms with Gasteiger partial charge in [0.05, 0.1) is 12.8 Å². The van der Waals surface area contributed by atoms with Crippen LogP contribution in [0.2, 0.25) is 0 Å². The van der Waals surface area contributed by atoms with Crippen molar-refractivity contribution in [1.29, 1.82) is 0 Å². The second-order valence-corrected chi connectivity index (χ2v) is 7.60. The molecule has 0 aliphatic heterocycles. The van der Waals surface area contributed by atoms with Crippen molar-refractivity contribution in [3.05, 3.63) is 33.3 Å². The fraction of sp³-hybridized carbons (Fsp3) is 0.385. The molecule has 0 amide bonds. The Kier molecular flexibility index (Phi) is 4.69. The lowest BCUT2D eigenvalue weighted by molar-refractivity contribution is 0.0602. The predicted octanol–water partition coefficient (Wildman–Crippen LogP) is 1.96. The van der Waals surface area contributed by atoms with Crippen molar-refractivity contribution in [2.24, 2.45) is 0 Å². The summed E-state index contributed by atoms with van der Waals surface area (Å²) in [5, 5.41) is 5.35. The third-order valence-electron chi connectivity index (χ3n) is 3.25. The molecule has 0 unspecified atom stereocenters. The summed E-state index contributed by atoms with van der Waals surface area (Å²) in [4.78, 5) is 11.7. The van der Waals surface area contributed by atoms with Gasteiger partial charge in [-0.05, 0) is 25.3 Å². The molecule has 120 valence electrons. The van der Waals surface area contributed by atoms with Crippen molar-refractivity contribution >= 4 is 27.3 Å². The van der Waals surface area contributed by atoms with Gasteiger partial charge in [-0.1, -0.05) is 5.16 Å². The van der Waals surface area contributed by atoms with Gasteiger partial charge in [-0.15, -0.1) is 11.3 Å². The average Bonchev–Trinajstić information content (AvgIpc) is 3.08. The first kappa shape index (κ1) is 16.7. The first-order chi connectivity index (χ1) is 10.3. The van der Waals surface area contributed by atoms with E-state index < -0.39 is 16.0 Å². The molecule has 2 aromatic heterocycles. The molecular formula is C13H16N2O5S2. The van der Waals surface area contributed by atoms with Crippen LogP contribution in [0, 0.1) is 13.8 Å². The van der Waals surface area contributed by atoms with Crippen LogP contribution >= 0.6 is 11.3 Å². The summed E-state index contributed by atoms with van der Waals surface area (Å²) in [5.74, 6) is -0.0997. The van der Waals surface area contributed by atoms with Gasteiger partial charge in [-0.2, -0.15) is 4.31 Å². The Hall–Kier alpha value is -1.71. The Morgan fingerprint density at radius 2 is 2.14 bits per heavy atom. The molecule has 0 saturated heterocycles. The van der Waals surface area contributed by atoms with E-state index in [1.165, 1.54) is 20.2 Å². The van der Waals surface area contributed by atoms with Crippen LogP contribution in [0.3, 0.4) is 0 Å². The van der Waals surface area contributed by atoms with Gasteiger partial charge in [0, 0.05) is 19.2 Å². The maximum atomic E-state index is 12.7. The molecule has 0 fully saturated rings. The minimum Gasteiger partial charge on any atom is -0.465 e. The highest BCUT2D eigenvalue weighted by atomic mass is 32.2. The number of aryl methyl sites for hydroxylation is 2. The van der Waals surface area contributed by atoms with Gasteiger partial charge in [0.2, 0.25) is 10.0 Å². The number of methoxy groups -OCH3 is 1. The highest BCUT2D eigenvalue weighted by molar-refractivity contribution is 7.89. The van der Waals surface area contributed by atoms with Gasteiger partial charge < -0.3 is 9.26 Å². The van der Waals surface area contributed by atoms with Crippen LogP contribution in [-0.2, 0) is 21.3 Å². The fourth-order valence-corrected chi connectivity index (χ4v) is 4.39. The second-order valence-electron chi connectivity index (χ2n) is 4.67. The SMILES string of the molecule is COC(=O)c1sccc1S(=O)(=O)N(C)Cc1c(C)noc1C. The number of carbonyl (C=O) groups excluding carboxylic acids is 1. The number of hydrogen-bond donors (Lipinski definition) is 0. The van der Waals surface area contributed by atoms with Gasteiger partial charge in [0.15, 0.2) is 0 Å². The lowest BCUT2D eigenvalue weighted by Crippen LogP contribution is -2.27. The average molecular weight is 344 g/mol. The number of esters is 1. The Morgan fingerprint density at radius 1 is 1.45 bits per heavy atom. The molecule has 0 aliphatic rings. The van der Waals surface area contributed by atoms with E-state index in [-0.39, 0.29) is 16.3 Å². The first-order valence-electron chi connectivity index (χ1n) is 6.33. The zero-order chi connectivity index (χ0) is 16.5. The van der Waals surface area contributed by atoms with Crippen molar-refractivity contribution in [3.63, 3.8) is 0 Å². The van der Waals surface area contributed by atoms with Gasteiger partial charge in [-0.3, -0.25) is 0 Å². The van der Waals surface area contributed by atoms with Crippen molar-refractivity contribution in [1.82, 2.24) is 9.46 Å². The van der Waals surface area contributed by atoms with E-state index in [0.29, 0.717) is 17.0 Å². The third kappa shape index (κ3) is 2.92. The Bertz CT molecular complexity index is 772. The van der Waals surface area contributed by atoms with Crippen molar-refractivity contribution < 1.29 is 22.5 Å². The molecule has 7 nitrogen and oxygen atoms in total. The number of carbonyl (C=O) groups is 1. The minimum atomic E-state index is -3.82. The minimum absolute atomic E-state index is 0.0568. The fourth-order valence-electron chi connectivity index (χ4n) is 1.95. The summed E-state index contributed by atoms with van der Waals surface area (Å²) in [6.45, 7) is 3.58. The topological polar surface area (TPSA) is 89.7 Å². The molecule has 22 heavy (non-hydrogen) atoms. The van der Waals surface area contributed by atoms with Crippen LogP contribution in [0.25, 0.3) is 0 Å². The normalized spacial score (nSPS) is 11.9. The molecule has 0 saturated carbocycles. The number of hydrogen-bond acceptors (Lipinski definition) is 7. The molecule has 0 atom stereocenters. The third-order valence-corrected chi connectivity index (χ3v) is 6.12. The van der Waals surface area contributed by atoms with Crippen molar-refractivity contribution in [2.75, 3.05) is 14.2 Å². The van der Waals surface area contributed by atoms with Crippen LogP contribution < -0.4 is 0 Å². The molecule has 0 bridgehead atoms. The van der Waals surface area contributed by atoms with Gasteiger partial charge in [0.25, 0.3) is 0 Å². The van der Waals surface area contributed by atoms with Crippen LogP contribution in [0.4, 0.5) is 0 Å². The number of nitrogens with zero attached hydrogens (tertiary/aromatic N) is 2. The molecule has 2 rings (SSSR count). The standard InChI is InChI=1S/C13H16N2O5S2/c1-8-10(9(2)20-14-8)7-15(3)22(17,18)11-5-6-21-12(11)13(16)19-4/h5-6H,7H2,1-4H3. The number of aromatic nitrogens is 1. The van der Waals surface area contributed by atoms with Gasteiger partial charge in [0.1, 0.15) is 15.5 Å². The molecule has 0 N–H and O–H groups in total. The van der Waals surface area contributed by atoms with E-state index in [9.17, 15) is 13.2 Å². The lowest BCUT2D eigenvalue weighted by Gasteiger charge is -2.17. The Morgan fingerprint density at radius 3 is 2.68 bits per heavy atom. The molecule has 0 aromatic carbocycles. The monoisotopic (exact) mass is 344 g/mol. The Labute approximate surface area is 132 Å².